The number of benzene rings is 1. The minimum absolute atomic E-state index is 0.171. The summed E-state index contributed by atoms with van der Waals surface area (Å²) in [5.74, 6) is 0.561. The molecule has 0 radical (unpaired) electrons. The monoisotopic (exact) mass is 361 g/mol. The lowest BCUT2D eigenvalue weighted by molar-refractivity contribution is 0.0600. The molecule has 0 spiro atoms. The Morgan fingerprint density at radius 1 is 1.19 bits per heavy atom. The number of urea groups is 1. The van der Waals surface area contributed by atoms with E-state index in [1.165, 1.54) is 20.3 Å². The van der Waals surface area contributed by atoms with E-state index in [1.807, 2.05) is 25.3 Å². The first-order chi connectivity index (χ1) is 12.4. The van der Waals surface area contributed by atoms with Crippen LogP contribution in [0.25, 0.3) is 0 Å². The number of carbonyl (C=O) groups excluding carboxylic acids is 2. The molecule has 2 amide bonds. The average molecular weight is 361 g/mol. The highest BCUT2D eigenvalue weighted by atomic mass is 16.5. The van der Waals surface area contributed by atoms with E-state index in [0.717, 1.165) is 0 Å². The Kier molecular flexibility index (Phi) is 6.16. The second kappa shape index (κ2) is 8.32. The van der Waals surface area contributed by atoms with Crippen molar-refractivity contribution in [1.82, 2.24) is 20.1 Å². The zero-order valence-corrected chi connectivity index (χ0v) is 15.4. The molecule has 140 valence electrons. The largest absolute Gasteiger partial charge is 0.495 e. The van der Waals surface area contributed by atoms with Gasteiger partial charge in [0, 0.05) is 6.04 Å². The van der Waals surface area contributed by atoms with Crippen molar-refractivity contribution in [1.29, 1.82) is 0 Å². The molecule has 0 aliphatic rings. The smallest absolute Gasteiger partial charge is 0.337 e. The Bertz CT molecular complexity index is 787. The van der Waals surface area contributed by atoms with Gasteiger partial charge in [-0.2, -0.15) is 0 Å². The van der Waals surface area contributed by atoms with Crippen molar-refractivity contribution in [2.75, 3.05) is 19.5 Å². The van der Waals surface area contributed by atoms with Gasteiger partial charge in [-0.05, 0) is 39.0 Å². The van der Waals surface area contributed by atoms with Gasteiger partial charge in [-0.1, -0.05) is 0 Å². The van der Waals surface area contributed by atoms with E-state index in [4.69, 9.17) is 9.47 Å². The van der Waals surface area contributed by atoms with Crippen molar-refractivity contribution in [3.63, 3.8) is 0 Å². The summed E-state index contributed by atoms with van der Waals surface area (Å²) >= 11 is 0. The zero-order chi connectivity index (χ0) is 19.3. The Hall–Kier alpha value is -3.10. The number of nitrogens with one attached hydrogen (secondary N) is 2. The molecule has 0 fully saturated rings. The minimum Gasteiger partial charge on any atom is -0.495 e. The molecule has 2 N–H and O–H groups in total. The molecule has 0 saturated carbocycles. The standard InChI is InChI=1S/C17H23N5O4/c1-10(2)22-9-18-21-15(22)11(3)19-17(24)20-13-8-12(16(23)26-5)6-7-14(13)25-4/h6-11H,1-5H3,(H2,19,20,24)/t11-/m1/s1. The van der Waals surface area contributed by atoms with Crippen LogP contribution < -0.4 is 15.4 Å². The predicted octanol–water partition coefficient (Wildman–Crippen LogP) is 2.54. The number of ether oxygens (including phenoxy) is 2. The van der Waals surface area contributed by atoms with Crippen LogP contribution in [-0.2, 0) is 4.74 Å². The van der Waals surface area contributed by atoms with Gasteiger partial charge in [0.05, 0.1) is 31.5 Å². The molecule has 9 heteroatoms. The van der Waals surface area contributed by atoms with Crippen molar-refractivity contribution in [2.45, 2.75) is 32.9 Å². The number of nitrogens with zero attached hydrogens (tertiary/aromatic N) is 3. The van der Waals surface area contributed by atoms with Crippen LogP contribution in [-0.4, -0.2) is 41.0 Å². The zero-order valence-electron chi connectivity index (χ0n) is 15.4. The third-order valence-electron chi connectivity index (χ3n) is 3.76. The lowest BCUT2D eigenvalue weighted by Gasteiger charge is -2.18. The van der Waals surface area contributed by atoms with Gasteiger partial charge in [0.15, 0.2) is 5.82 Å². The van der Waals surface area contributed by atoms with Gasteiger partial charge >= 0.3 is 12.0 Å². The number of carbonyl (C=O) groups is 2. The predicted molar refractivity (Wildman–Crippen MR) is 95.3 cm³/mol. The van der Waals surface area contributed by atoms with Crippen LogP contribution in [0.5, 0.6) is 5.75 Å². The van der Waals surface area contributed by atoms with Gasteiger partial charge in [-0.25, -0.2) is 9.59 Å². The third kappa shape index (κ3) is 4.29. The summed E-state index contributed by atoms with van der Waals surface area (Å²) in [5, 5.41) is 13.4. The van der Waals surface area contributed by atoms with Crippen molar-refractivity contribution in [2.24, 2.45) is 0 Å². The molecular formula is C17H23N5O4. The van der Waals surface area contributed by atoms with Gasteiger partial charge in [-0.15, -0.1) is 10.2 Å². The maximum Gasteiger partial charge on any atom is 0.337 e. The molecule has 9 nitrogen and oxygen atoms in total. The van der Waals surface area contributed by atoms with Crippen molar-refractivity contribution in [3.05, 3.63) is 35.9 Å². The number of hydrogen-bond acceptors (Lipinski definition) is 6. The fourth-order valence-corrected chi connectivity index (χ4v) is 2.43. The van der Waals surface area contributed by atoms with E-state index in [2.05, 4.69) is 20.8 Å². The fourth-order valence-electron chi connectivity index (χ4n) is 2.43. The van der Waals surface area contributed by atoms with Gasteiger partial charge < -0.3 is 24.7 Å². The van der Waals surface area contributed by atoms with Crippen LogP contribution in [0.3, 0.4) is 0 Å². The first-order valence-electron chi connectivity index (χ1n) is 8.10. The van der Waals surface area contributed by atoms with E-state index in [0.29, 0.717) is 22.8 Å². The van der Waals surface area contributed by atoms with Gasteiger partial charge in [0.25, 0.3) is 0 Å². The molecule has 26 heavy (non-hydrogen) atoms. The second-order valence-electron chi connectivity index (χ2n) is 5.92. The summed E-state index contributed by atoms with van der Waals surface area (Å²) in [6, 6.07) is 3.98. The molecule has 0 aliphatic heterocycles. The number of hydrogen-bond donors (Lipinski definition) is 2. The van der Waals surface area contributed by atoms with Crippen LogP contribution in [0.15, 0.2) is 24.5 Å². The maximum atomic E-state index is 12.4. The highest BCUT2D eigenvalue weighted by molar-refractivity contribution is 5.95. The quantitative estimate of drug-likeness (QED) is 0.766. The third-order valence-corrected chi connectivity index (χ3v) is 3.76. The molecule has 0 bridgehead atoms. The average Bonchev–Trinajstić information content (AvgIpc) is 3.11. The molecule has 0 saturated heterocycles. The number of rotatable bonds is 6. The Balaban J connectivity index is 2.14. The van der Waals surface area contributed by atoms with Crippen LogP contribution >= 0.6 is 0 Å². The van der Waals surface area contributed by atoms with Gasteiger partial charge in [0.1, 0.15) is 12.1 Å². The summed E-state index contributed by atoms with van der Waals surface area (Å²) in [6.45, 7) is 5.82. The van der Waals surface area contributed by atoms with Crippen molar-refractivity contribution >= 4 is 17.7 Å². The van der Waals surface area contributed by atoms with E-state index in [-0.39, 0.29) is 12.1 Å². The van der Waals surface area contributed by atoms with E-state index < -0.39 is 12.0 Å². The molecule has 2 rings (SSSR count). The number of amides is 2. The molecular weight excluding hydrogens is 338 g/mol. The molecule has 0 aliphatic carbocycles. The van der Waals surface area contributed by atoms with Crippen LogP contribution in [0.1, 0.15) is 49.0 Å². The summed E-state index contributed by atoms with van der Waals surface area (Å²) in [4.78, 5) is 24.0. The Morgan fingerprint density at radius 3 is 2.54 bits per heavy atom. The minimum atomic E-state index is -0.505. The molecule has 2 aromatic rings. The number of methoxy groups -OCH3 is 2. The Morgan fingerprint density at radius 2 is 1.92 bits per heavy atom. The van der Waals surface area contributed by atoms with Crippen LogP contribution in [0.4, 0.5) is 10.5 Å². The van der Waals surface area contributed by atoms with E-state index in [1.54, 1.807) is 18.5 Å². The summed E-state index contributed by atoms with van der Waals surface area (Å²) in [6.07, 6.45) is 1.62. The van der Waals surface area contributed by atoms with Crippen molar-refractivity contribution < 1.29 is 19.1 Å². The highest BCUT2D eigenvalue weighted by Crippen LogP contribution is 2.26. The molecule has 0 unspecified atom stereocenters. The Labute approximate surface area is 151 Å². The molecule has 1 heterocycles. The van der Waals surface area contributed by atoms with Gasteiger partial charge in [-0.3, -0.25) is 0 Å². The lowest BCUT2D eigenvalue weighted by Crippen LogP contribution is -2.33. The summed E-state index contributed by atoms with van der Waals surface area (Å²) in [5.41, 5.74) is 0.654. The number of aromatic nitrogens is 3. The van der Waals surface area contributed by atoms with Gasteiger partial charge in [0.2, 0.25) is 0 Å². The molecule has 1 atom stereocenters. The maximum absolute atomic E-state index is 12.4. The van der Waals surface area contributed by atoms with E-state index in [9.17, 15) is 9.59 Å². The fraction of sp³-hybridized carbons (Fsp3) is 0.412. The number of esters is 1. The van der Waals surface area contributed by atoms with E-state index >= 15 is 0 Å². The van der Waals surface area contributed by atoms with Crippen LogP contribution in [0, 0.1) is 0 Å². The lowest BCUT2D eigenvalue weighted by atomic mass is 10.2. The SMILES string of the molecule is COC(=O)c1ccc(OC)c(NC(=O)N[C@H](C)c2nncn2C(C)C)c1. The van der Waals surface area contributed by atoms with Crippen LogP contribution in [0.2, 0.25) is 0 Å². The highest BCUT2D eigenvalue weighted by Gasteiger charge is 2.18. The number of anilines is 1. The first kappa shape index (κ1) is 19.2. The van der Waals surface area contributed by atoms with Crippen molar-refractivity contribution in [3.8, 4) is 5.75 Å². The summed E-state index contributed by atoms with van der Waals surface area (Å²) in [7, 11) is 2.77. The molecule has 1 aromatic carbocycles. The summed E-state index contributed by atoms with van der Waals surface area (Å²) < 4.78 is 11.8. The molecule has 1 aromatic heterocycles. The first-order valence-corrected chi connectivity index (χ1v) is 8.10. The topological polar surface area (TPSA) is 107 Å². The normalized spacial score (nSPS) is 11.8. The second-order valence-corrected chi connectivity index (χ2v) is 5.92.